The van der Waals surface area contributed by atoms with E-state index in [0.717, 1.165) is 12.5 Å². The summed E-state index contributed by atoms with van der Waals surface area (Å²) in [6.07, 6.45) is 7.85. The Balaban J connectivity index is 1.66. The number of nitrogens with zero attached hydrogens (tertiary/aromatic N) is 2. The van der Waals surface area contributed by atoms with Gasteiger partial charge in [0.25, 0.3) is 0 Å². The van der Waals surface area contributed by atoms with Gasteiger partial charge in [0.1, 0.15) is 0 Å². The zero-order valence-corrected chi connectivity index (χ0v) is 12.2. The molecule has 0 aromatic carbocycles. The maximum Gasteiger partial charge on any atom is 0.0499 e. The largest absolute Gasteiger partial charge is 0.396 e. The quantitative estimate of drug-likeness (QED) is 0.783. The first kappa shape index (κ1) is 14.3. The molecule has 2 fully saturated rings. The first-order valence-corrected chi connectivity index (χ1v) is 7.61. The van der Waals surface area contributed by atoms with E-state index >= 15 is 0 Å². The van der Waals surface area contributed by atoms with Crippen LogP contribution >= 0.6 is 0 Å². The fourth-order valence-electron chi connectivity index (χ4n) is 3.61. The Morgan fingerprint density at radius 1 is 1.33 bits per heavy atom. The summed E-state index contributed by atoms with van der Waals surface area (Å²) in [5, 5.41) is 9.50. The van der Waals surface area contributed by atoms with Gasteiger partial charge in [-0.15, -0.1) is 0 Å². The van der Waals surface area contributed by atoms with Gasteiger partial charge in [0.05, 0.1) is 0 Å². The fourth-order valence-corrected chi connectivity index (χ4v) is 3.61. The van der Waals surface area contributed by atoms with Crippen LogP contribution in [0.25, 0.3) is 0 Å². The lowest BCUT2D eigenvalue weighted by Gasteiger charge is -2.43. The molecule has 1 saturated heterocycles. The minimum Gasteiger partial charge on any atom is -0.396 e. The third kappa shape index (κ3) is 3.69. The van der Waals surface area contributed by atoms with Gasteiger partial charge in [-0.3, -0.25) is 0 Å². The van der Waals surface area contributed by atoms with Gasteiger partial charge >= 0.3 is 0 Å². The molecule has 1 atom stereocenters. The van der Waals surface area contributed by atoms with Crippen LogP contribution in [0.15, 0.2) is 0 Å². The van der Waals surface area contributed by atoms with Crippen LogP contribution in [-0.2, 0) is 0 Å². The Bertz CT molecular complexity index is 247. The van der Waals surface area contributed by atoms with E-state index in [9.17, 15) is 5.11 Å². The van der Waals surface area contributed by atoms with Crippen molar-refractivity contribution in [2.24, 2.45) is 11.3 Å². The highest BCUT2D eigenvalue weighted by Gasteiger charge is 2.37. The molecule has 1 aliphatic heterocycles. The summed E-state index contributed by atoms with van der Waals surface area (Å²) in [5.74, 6) is 0.887. The highest BCUT2D eigenvalue weighted by molar-refractivity contribution is 4.89. The van der Waals surface area contributed by atoms with Crippen LogP contribution in [0.4, 0.5) is 0 Å². The molecule has 3 heteroatoms. The zero-order valence-electron chi connectivity index (χ0n) is 12.2. The maximum atomic E-state index is 9.50. The molecule has 106 valence electrons. The molecule has 0 aromatic heterocycles. The fraction of sp³-hybridized carbons (Fsp3) is 1.00. The molecule has 1 unspecified atom stereocenters. The standard InChI is InChI=1S/C15H30N2O/c1-16-9-3-5-14(11-16)6-10-17(2)12-15(13-18)7-4-8-15/h14,18H,3-13H2,1-2H3. The van der Waals surface area contributed by atoms with Crippen molar-refractivity contribution in [2.75, 3.05) is 46.9 Å². The molecule has 0 amide bonds. The van der Waals surface area contributed by atoms with E-state index in [0.29, 0.717) is 6.61 Å². The molecule has 1 heterocycles. The Labute approximate surface area is 112 Å². The Morgan fingerprint density at radius 3 is 2.67 bits per heavy atom. The van der Waals surface area contributed by atoms with Gasteiger partial charge in [-0.05, 0) is 65.2 Å². The Morgan fingerprint density at radius 2 is 2.11 bits per heavy atom. The van der Waals surface area contributed by atoms with E-state index in [4.69, 9.17) is 0 Å². The number of rotatable bonds is 6. The highest BCUT2D eigenvalue weighted by atomic mass is 16.3. The van der Waals surface area contributed by atoms with Crippen molar-refractivity contribution in [3.05, 3.63) is 0 Å². The van der Waals surface area contributed by atoms with E-state index in [1.165, 1.54) is 58.2 Å². The van der Waals surface area contributed by atoms with Crippen LogP contribution in [0.5, 0.6) is 0 Å². The van der Waals surface area contributed by atoms with E-state index < -0.39 is 0 Å². The maximum absolute atomic E-state index is 9.50. The second-order valence-corrected chi connectivity index (χ2v) is 6.81. The van der Waals surface area contributed by atoms with Gasteiger partial charge < -0.3 is 14.9 Å². The van der Waals surface area contributed by atoms with E-state index in [2.05, 4.69) is 23.9 Å². The molecule has 3 nitrogen and oxygen atoms in total. The van der Waals surface area contributed by atoms with Crippen molar-refractivity contribution >= 4 is 0 Å². The molecular formula is C15H30N2O. The average Bonchev–Trinajstić information content (AvgIpc) is 2.31. The lowest BCUT2D eigenvalue weighted by atomic mass is 9.69. The second kappa shape index (κ2) is 6.36. The van der Waals surface area contributed by atoms with E-state index in [1.807, 2.05) is 0 Å². The topological polar surface area (TPSA) is 26.7 Å². The van der Waals surface area contributed by atoms with Gasteiger partial charge in [-0.2, -0.15) is 0 Å². The zero-order chi connectivity index (χ0) is 13.0. The lowest BCUT2D eigenvalue weighted by Crippen LogP contribution is -2.44. The van der Waals surface area contributed by atoms with E-state index in [-0.39, 0.29) is 5.41 Å². The SMILES string of the molecule is CN1CCCC(CCN(C)CC2(CO)CCC2)C1. The van der Waals surface area contributed by atoms with Crippen molar-refractivity contribution in [1.82, 2.24) is 9.80 Å². The number of aliphatic hydroxyl groups is 1. The summed E-state index contributed by atoms with van der Waals surface area (Å²) in [5.41, 5.74) is 0.248. The smallest absolute Gasteiger partial charge is 0.0499 e. The van der Waals surface area contributed by atoms with Crippen LogP contribution in [0.3, 0.4) is 0 Å². The predicted octanol–water partition coefficient (Wildman–Crippen LogP) is 1.81. The molecule has 18 heavy (non-hydrogen) atoms. The first-order valence-electron chi connectivity index (χ1n) is 7.61. The summed E-state index contributed by atoms with van der Waals surface area (Å²) in [7, 11) is 4.47. The van der Waals surface area contributed by atoms with Crippen LogP contribution in [-0.4, -0.2) is 61.8 Å². The summed E-state index contributed by atoms with van der Waals surface area (Å²) < 4.78 is 0. The van der Waals surface area contributed by atoms with Gasteiger partial charge in [-0.1, -0.05) is 6.42 Å². The number of hydrogen-bond donors (Lipinski definition) is 1. The Hall–Kier alpha value is -0.120. The third-order valence-electron chi connectivity index (χ3n) is 5.00. The molecular weight excluding hydrogens is 224 g/mol. The Kier molecular flexibility index (Phi) is 5.05. The second-order valence-electron chi connectivity index (χ2n) is 6.81. The molecule has 2 rings (SSSR count). The molecule has 2 aliphatic rings. The summed E-state index contributed by atoms with van der Waals surface area (Å²) >= 11 is 0. The monoisotopic (exact) mass is 254 g/mol. The molecule has 0 radical (unpaired) electrons. The van der Waals surface area contributed by atoms with Gasteiger partial charge in [0.2, 0.25) is 0 Å². The minimum atomic E-state index is 0.248. The predicted molar refractivity (Wildman–Crippen MR) is 75.7 cm³/mol. The van der Waals surface area contributed by atoms with Crippen LogP contribution < -0.4 is 0 Å². The summed E-state index contributed by atoms with van der Waals surface area (Å²) in [6, 6.07) is 0. The molecule has 0 aromatic rings. The van der Waals surface area contributed by atoms with Crippen LogP contribution in [0.2, 0.25) is 0 Å². The van der Waals surface area contributed by atoms with Crippen molar-refractivity contribution in [1.29, 1.82) is 0 Å². The molecule has 1 aliphatic carbocycles. The first-order chi connectivity index (χ1) is 8.63. The van der Waals surface area contributed by atoms with Crippen LogP contribution in [0, 0.1) is 11.3 Å². The number of likely N-dealkylation sites (tertiary alicyclic amines) is 1. The summed E-state index contributed by atoms with van der Waals surface area (Å²) in [6.45, 7) is 5.22. The minimum absolute atomic E-state index is 0.248. The average molecular weight is 254 g/mol. The number of hydrogen-bond acceptors (Lipinski definition) is 3. The van der Waals surface area contributed by atoms with Crippen molar-refractivity contribution in [3.8, 4) is 0 Å². The molecule has 1 N–H and O–H groups in total. The molecule has 0 bridgehead atoms. The number of aliphatic hydroxyl groups excluding tert-OH is 1. The van der Waals surface area contributed by atoms with Crippen molar-refractivity contribution in [2.45, 2.75) is 38.5 Å². The normalized spacial score (nSPS) is 28.3. The van der Waals surface area contributed by atoms with Crippen LogP contribution in [0.1, 0.15) is 38.5 Å². The van der Waals surface area contributed by atoms with E-state index in [1.54, 1.807) is 0 Å². The van der Waals surface area contributed by atoms with Gasteiger partial charge in [-0.25, -0.2) is 0 Å². The van der Waals surface area contributed by atoms with Gasteiger partial charge in [0, 0.05) is 25.1 Å². The number of piperidine rings is 1. The van der Waals surface area contributed by atoms with Crippen molar-refractivity contribution < 1.29 is 5.11 Å². The van der Waals surface area contributed by atoms with Gasteiger partial charge in [0.15, 0.2) is 0 Å². The molecule has 0 spiro atoms. The lowest BCUT2D eigenvalue weighted by molar-refractivity contribution is 0.0127. The van der Waals surface area contributed by atoms with Crippen molar-refractivity contribution in [3.63, 3.8) is 0 Å². The highest BCUT2D eigenvalue weighted by Crippen LogP contribution is 2.40. The third-order valence-corrected chi connectivity index (χ3v) is 5.00. The summed E-state index contributed by atoms with van der Waals surface area (Å²) in [4.78, 5) is 4.92. The molecule has 1 saturated carbocycles.